The van der Waals surface area contributed by atoms with Gasteiger partial charge in [-0.3, -0.25) is 9.69 Å². The van der Waals surface area contributed by atoms with Gasteiger partial charge in [-0.25, -0.2) is 9.59 Å². The summed E-state index contributed by atoms with van der Waals surface area (Å²) in [6.45, 7) is 0.943. The monoisotopic (exact) mass is 468 g/mol. The highest BCUT2D eigenvalue weighted by Gasteiger charge is 2.31. The average molecular weight is 469 g/mol. The lowest BCUT2D eigenvalue weighted by atomic mass is 9.98. The number of benzene rings is 2. The second-order valence-electron chi connectivity index (χ2n) is 8.36. The van der Waals surface area contributed by atoms with E-state index in [1.807, 2.05) is 36.4 Å². The van der Waals surface area contributed by atoms with E-state index < -0.39 is 18.1 Å². The number of methoxy groups -OCH3 is 1. The number of hydrogen-bond donors (Lipinski definition) is 2. The number of fused-ring (bicyclic) bond motifs is 3. The van der Waals surface area contributed by atoms with Crippen molar-refractivity contribution in [3.63, 3.8) is 0 Å². The lowest BCUT2D eigenvalue weighted by Crippen LogP contribution is -2.43. The van der Waals surface area contributed by atoms with Crippen LogP contribution in [0.4, 0.5) is 4.79 Å². The number of carbonyl (C=O) groups excluding carboxylic acids is 2. The van der Waals surface area contributed by atoms with Crippen LogP contribution in [0.15, 0.2) is 48.5 Å². The van der Waals surface area contributed by atoms with E-state index in [-0.39, 0.29) is 24.9 Å². The first-order valence-electron chi connectivity index (χ1n) is 11.5. The fourth-order valence-corrected chi connectivity index (χ4v) is 4.28. The minimum Gasteiger partial charge on any atom is -0.480 e. The lowest BCUT2D eigenvalue weighted by Gasteiger charge is -2.25. The summed E-state index contributed by atoms with van der Waals surface area (Å²) in [6.07, 6.45) is 1.05. The van der Waals surface area contributed by atoms with Crippen LogP contribution in [0.2, 0.25) is 0 Å². The number of carboxylic acid groups (broad SMARTS) is 1. The molecule has 1 aliphatic rings. The molecule has 0 aliphatic heterocycles. The van der Waals surface area contributed by atoms with Gasteiger partial charge in [0.05, 0.1) is 6.61 Å². The van der Waals surface area contributed by atoms with Gasteiger partial charge in [-0.15, -0.1) is 0 Å². The maximum absolute atomic E-state index is 12.7. The smallest absolute Gasteiger partial charge is 0.410 e. The Hall–Kier alpha value is -3.39. The molecule has 0 aromatic heterocycles. The second kappa shape index (κ2) is 12.2. The summed E-state index contributed by atoms with van der Waals surface area (Å²) in [5, 5.41) is 12.4. The molecule has 1 aliphatic carbocycles. The highest BCUT2D eigenvalue weighted by Crippen LogP contribution is 2.44. The van der Waals surface area contributed by atoms with Crippen LogP contribution in [0.1, 0.15) is 42.7 Å². The van der Waals surface area contributed by atoms with E-state index in [4.69, 9.17) is 9.47 Å². The van der Waals surface area contributed by atoms with Crippen molar-refractivity contribution in [2.24, 2.45) is 0 Å². The van der Waals surface area contributed by atoms with Crippen LogP contribution in [0.3, 0.4) is 0 Å². The van der Waals surface area contributed by atoms with Gasteiger partial charge >= 0.3 is 12.1 Å². The summed E-state index contributed by atoms with van der Waals surface area (Å²) < 4.78 is 10.4. The predicted molar refractivity (Wildman–Crippen MR) is 128 cm³/mol. The normalized spacial score (nSPS) is 13.0. The maximum Gasteiger partial charge on any atom is 0.410 e. The van der Waals surface area contributed by atoms with E-state index in [0.717, 1.165) is 27.2 Å². The Morgan fingerprint density at radius 2 is 1.65 bits per heavy atom. The van der Waals surface area contributed by atoms with Gasteiger partial charge in [-0.05, 0) is 41.5 Å². The van der Waals surface area contributed by atoms with Crippen LogP contribution < -0.4 is 5.32 Å². The number of nitrogens with zero attached hydrogens (tertiary/aromatic N) is 1. The molecule has 1 atom stereocenters. The van der Waals surface area contributed by atoms with E-state index in [9.17, 15) is 19.5 Å². The summed E-state index contributed by atoms with van der Waals surface area (Å²) in [5.41, 5.74) is 4.46. The summed E-state index contributed by atoms with van der Waals surface area (Å²) in [6, 6.07) is 15.1. The predicted octanol–water partition coefficient (Wildman–Crippen LogP) is 3.64. The zero-order valence-corrected chi connectivity index (χ0v) is 19.7. The van der Waals surface area contributed by atoms with Crippen LogP contribution in [0.5, 0.6) is 0 Å². The Labute approximate surface area is 199 Å². The summed E-state index contributed by atoms with van der Waals surface area (Å²) in [4.78, 5) is 37.2. The van der Waals surface area contributed by atoms with Gasteiger partial charge in [0.15, 0.2) is 0 Å². The van der Waals surface area contributed by atoms with Crippen LogP contribution in [-0.4, -0.2) is 67.9 Å². The Morgan fingerprint density at radius 3 is 2.24 bits per heavy atom. The number of hydrogen-bond acceptors (Lipinski definition) is 5. The van der Waals surface area contributed by atoms with Gasteiger partial charge in [0, 0.05) is 33.0 Å². The second-order valence-corrected chi connectivity index (χ2v) is 8.36. The Morgan fingerprint density at radius 1 is 1.03 bits per heavy atom. The molecule has 0 fully saturated rings. The molecule has 0 spiro atoms. The largest absolute Gasteiger partial charge is 0.480 e. The lowest BCUT2D eigenvalue weighted by molar-refractivity contribution is -0.142. The van der Waals surface area contributed by atoms with E-state index in [1.165, 1.54) is 14.2 Å². The molecule has 0 radical (unpaired) electrons. The molecule has 0 saturated heterocycles. The van der Waals surface area contributed by atoms with Crippen molar-refractivity contribution in [2.75, 3.05) is 33.9 Å². The first-order chi connectivity index (χ1) is 16.4. The third-order valence-corrected chi connectivity index (χ3v) is 6.14. The maximum atomic E-state index is 12.7. The molecule has 2 N–H and O–H groups in total. The first-order valence-corrected chi connectivity index (χ1v) is 11.5. The van der Waals surface area contributed by atoms with E-state index >= 15 is 0 Å². The molecule has 8 heteroatoms. The number of amides is 2. The number of nitrogens with one attached hydrogen (secondary N) is 1. The van der Waals surface area contributed by atoms with Crippen LogP contribution in [0, 0.1) is 0 Å². The van der Waals surface area contributed by atoms with Crippen molar-refractivity contribution in [3.05, 3.63) is 59.7 Å². The number of unbranched alkanes of at least 4 members (excludes halogenated alkanes) is 1. The Bertz CT molecular complexity index is 963. The van der Waals surface area contributed by atoms with Crippen molar-refractivity contribution >= 4 is 18.0 Å². The minimum absolute atomic E-state index is 0.0882. The molecule has 0 saturated carbocycles. The number of carboxylic acids is 1. The molecular formula is C26H32N2O6. The number of carbonyl (C=O) groups is 3. The highest BCUT2D eigenvalue weighted by molar-refractivity contribution is 5.81. The summed E-state index contributed by atoms with van der Waals surface area (Å²) in [5.74, 6) is -1.28. The van der Waals surface area contributed by atoms with Crippen molar-refractivity contribution in [2.45, 2.75) is 37.6 Å². The van der Waals surface area contributed by atoms with E-state index in [0.29, 0.717) is 32.4 Å². The minimum atomic E-state index is -1.08. The van der Waals surface area contributed by atoms with Gasteiger partial charge in [-0.2, -0.15) is 0 Å². The quantitative estimate of drug-likeness (QED) is 0.461. The van der Waals surface area contributed by atoms with Crippen LogP contribution >= 0.6 is 0 Å². The van der Waals surface area contributed by atoms with Crippen LogP contribution in [-0.2, 0) is 19.1 Å². The van der Waals surface area contributed by atoms with Gasteiger partial charge in [0.25, 0.3) is 0 Å². The number of rotatable bonds is 12. The fraction of sp³-hybridized carbons (Fsp3) is 0.423. The zero-order chi connectivity index (χ0) is 24.5. The Kier molecular flexibility index (Phi) is 9.04. The summed E-state index contributed by atoms with van der Waals surface area (Å²) >= 11 is 0. The molecule has 2 aromatic carbocycles. The number of ether oxygens (including phenoxy) is 2. The molecule has 0 heterocycles. The van der Waals surface area contributed by atoms with E-state index in [1.54, 1.807) is 0 Å². The van der Waals surface area contributed by atoms with Gasteiger partial charge in [0.2, 0.25) is 5.91 Å². The van der Waals surface area contributed by atoms with Crippen molar-refractivity contribution in [3.8, 4) is 11.1 Å². The highest BCUT2D eigenvalue weighted by atomic mass is 16.6. The van der Waals surface area contributed by atoms with E-state index in [2.05, 4.69) is 17.4 Å². The van der Waals surface area contributed by atoms with Gasteiger partial charge < -0.3 is 19.9 Å². The number of aliphatic carboxylic acids is 1. The van der Waals surface area contributed by atoms with Crippen LogP contribution in [0.25, 0.3) is 11.1 Å². The molecule has 2 aromatic rings. The molecule has 8 nitrogen and oxygen atoms in total. The average Bonchev–Trinajstić information content (AvgIpc) is 3.16. The topological polar surface area (TPSA) is 105 Å². The molecule has 1 unspecified atom stereocenters. The molecule has 3 rings (SSSR count). The standard InChI is InChI=1S/C26H32N2O6/c1-28(23(25(30)31)13-7-8-15-27-24(29)14-16-33-2)26(32)34-17-22-20-11-5-3-9-18(20)19-10-4-6-12-21(19)22/h3-6,9-12,22-23H,7-8,13-17H2,1-2H3,(H,27,29)(H,30,31). The third-order valence-electron chi connectivity index (χ3n) is 6.14. The van der Waals surface area contributed by atoms with Crippen molar-refractivity contribution in [1.82, 2.24) is 10.2 Å². The zero-order valence-electron chi connectivity index (χ0n) is 19.7. The first kappa shape index (κ1) is 25.2. The third kappa shape index (κ3) is 6.14. The Balaban J connectivity index is 1.51. The fourth-order valence-electron chi connectivity index (χ4n) is 4.28. The van der Waals surface area contributed by atoms with Gasteiger partial charge in [0.1, 0.15) is 12.6 Å². The van der Waals surface area contributed by atoms with Crippen molar-refractivity contribution < 1.29 is 29.0 Å². The SMILES string of the molecule is COCCC(=O)NCCCCC(C(=O)O)N(C)C(=O)OCC1c2ccccc2-c2ccccc21. The molecule has 2 amide bonds. The molecular weight excluding hydrogens is 436 g/mol. The molecule has 0 bridgehead atoms. The van der Waals surface area contributed by atoms with Crippen molar-refractivity contribution in [1.29, 1.82) is 0 Å². The molecule has 182 valence electrons. The summed E-state index contributed by atoms with van der Waals surface area (Å²) in [7, 11) is 2.98. The van der Waals surface area contributed by atoms with Gasteiger partial charge in [-0.1, -0.05) is 48.5 Å². The number of likely N-dealkylation sites (N-methyl/N-ethyl adjacent to an activating group) is 1. The molecule has 34 heavy (non-hydrogen) atoms.